The Morgan fingerprint density at radius 3 is 2.75 bits per heavy atom. The molecule has 0 aliphatic carbocycles. The van der Waals surface area contributed by atoms with Crippen LogP contribution in [0.5, 0.6) is 0 Å². The van der Waals surface area contributed by atoms with Gasteiger partial charge >= 0.3 is 0 Å². The highest BCUT2D eigenvalue weighted by molar-refractivity contribution is 5.81. The maximum absolute atomic E-state index is 13.0. The Morgan fingerprint density at radius 1 is 1.50 bits per heavy atom. The van der Waals surface area contributed by atoms with Gasteiger partial charge < -0.3 is 15.0 Å². The van der Waals surface area contributed by atoms with E-state index in [1.54, 1.807) is 17.0 Å². The molecule has 0 saturated carbocycles. The summed E-state index contributed by atoms with van der Waals surface area (Å²) in [5.74, 6) is -0.285. The topological polar surface area (TPSA) is 41.6 Å². The molecule has 1 aliphatic heterocycles. The van der Waals surface area contributed by atoms with Crippen LogP contribution in [0.1, 0.15) is 25.5 Å². The molecule has 0 radical (unpaired) electrons. The number of nitrogens with one attached hydrogen (secondary N) is 1. The fraction of sp³-hybridized carbons (Fsp3) is 0.533. The second kappa shape index (κ2) is 6.81. The van der Waals surface area contributed by atoms with E-state index in [1.165, 1.54) is 12.1 Å². The number of likely N-dealkylation sites (N-methyl/N-ethyl adjacent to an activating group) is 1. The van der Waals surface area contributed by atoms with E-state index in [0.29, 0.717) is 19.7 Å². The van der Waals surface area contributed by atoms with E-state index < -0.39 is 6.10 Å². The van der Waals surface area contributed by atoms with Crippen molar-refractivity contribution in [1.82, 2.24) is 10.2 Å². The van der Waals surface area contributed by atoms with Crippen molar-refractivity contribution in [3.63, 3.8) is 0 Å². The first-order chi connectivity index (χ1) is 9.63. The van der Waals surface area contributed by atoms with E-state index in [-0.39, 0.29) is 17.8 Å². The molecular formula is C15H21FN2O2. The monoisotopic (exact) mass is 280 g/mol. The molecule has 20 heavy (non-hydrogen) atoms. The van der Waals surface area contributed by atoms with Crippen LogP contribution in [0.15, 0.2) is 24.3 Å². The van der Waals surface area contributed by atoms with Crippen LogP contribution >= 0.6 is 0 Å². The van der Waals surface area contributed by atoms with Gasteiger partial charge in [0.05, 0.1) is 12.6 Å². The van der Waals surface area contributed by atoms with Gasteiger partial charge in [0, 0.05) is 19.6 Å². The van der Waals surface area contributed by atoms with Gasteiger partial charge in [-0.05, 0) is 31.5 Å². The molecule has 1 amide bonds. The van der Waals surface area contributed by atoms with Crippen LogP contribution in [-0.4, -0.2) is 43.2 Å². The molecule has 1 aromatic rings. The van der Waals surface area contributed by atoms with E-state index in [0.717, 1.165) is 12.1 Å². The summed E-state index contributed by atoms with van der Waals surface area (Å²) in [5, 5.41) is 3.16. The third-order valence-corrected chi connectivity index (χ3v) is 3.65. The lowest BCUT2D eigenvalue weighted by molar-refractivity contribution is -0.147. The van der Waals surface area contributed by atoms with Crippen LogP contribution in [0, 0.1) is 5.82 Å². The number of halogens is 1. The molecule has 1 heterocycles. The SMILES string of the molecule is CCN(C(=O)C1CNCCO1)C(C)c1ccc(F)cc1. The number of morpholine rings is 1. The molecule has 2 atom stereocenters. The Bertz CT molecular complexity index is 444. The van der Waals surface area contributed by atoms with E-state index in [9.17, 15) is 9.18 Å². The predicted octanol–water partition coefficient (Wildman–Crippen LogP) is 1.72. The van der Waals surface area contributed by atoms with Gasteiger partial charge in [0.1, 0.15) is 11.9 Å². The Labute approximate surface area is 118 Å². The highest BCUT2D eigenvalue weighted by atomic mass is 19.1. The van der Waals surface area contributed by atoms with Gasteiger partial charge in [0.15, 0.2) is 0 Å². The van der Waals surface area contributed by atoms with E-state index in [2.05, 4.69) is 5.32 Å². The first-order valence-corrected chi connectivity index (χ1v) is 7.01. The summed E-state index contributed by atoms with van der Waals surface area (Å²) >= 11 is 0. The van der Waals surface area contributed by atoms with E-state index in [1.807, 2.05) is 13.8 Å². The van der Waals surface area contributed by atoms with Crippen molar-refractivity contribution in [2.75, 3.05) is 26.2 Å². The van der Waals surface area contributed by atoms with Crippen LogP contribution < -0.4 is 5.32 Å². The lowest BCUT2D eigenvalue weighted by atomic mass is 10.1. The average molecular weight is 280 g/mol. The number of benzene rings is 1. The molecule has 0 spiro atoms. The Morgan fingerprint density at radius 2 is 2.20 bits per heavy atom. The minimum Gasteiger partial charge on any atom is -0.366 e. The highest BCUT2D eigenvalue weighted by Crippen LogP contribution is 2.21. The summed E-state index contributed by atoms with van der Waals surface area (Å²) in [7, 11) is 0. The van der Waals surface area contributed by atoms with Crippen molar-refractivity contribution in [3.8, 4) is 0 Å². The molecular weight excluding hydrogens is 259 g/mol. The average Bonchev–Trinajstić information content (AvgIpc) is 2.49. The number of carbonyl (C=O) groups excluding carboxylic acids is 1. The molecule has 1 N–H and O–H groups in total. The summed E-state index contributed by atoms with van der Waals surface area (Å²) in [4.78, 5) is 14.3. The van der Waals surface area contributed by atoms with Crippen molar-refractivity contribution >= 4 is 5.91 Å². The van der Waals surface area contributed by atoms with Crippen molar-refractivity contribution in [2.45, 2.75) is 26.0 Å². The number of hydrogen-bond donors (Lipinski definition) is 1. The van der Waals surface area contributed by atoms with E-state index >= 15 is 0 Å². The zero-order chi connectivity index (χ0) is 14.5. The largest absolute Gasteiger partial charge is 0.366 e. The maximum Gasteiger partial charge on any atom is 0.253 e. The molecule has 2 unspecified atom stereocenters. The molecule has 1 aromatic carbocycles. The molecule has 1 fully saturated rings. The quantitative estimate of drug-likeness (QED) is 0.913. The second-order valence-corrected chi connectivity index (χ2v) is 4.92. The molecule has 5 heteroatoms. The van der Waals surface area contributed by atoms with Crippen LogP contribution in [-0.2, 0) is 9.53 Å². The minimum atomic E-state index is -0.424. The summed E-state index contributed by atoms with van der Waals surface area (Å²) in [5.41, 5.74) is 0.922. The van der Waals surface area contributed by atoms with Crippen molar-refractivity contribution in [3.05, 3.63) is 35.6 Å². The van der Waals surface area contributed by atoms with Gasteiger partial charge in [-0.3, -0.25) is 4.79 Å². The normalized spacial score (nSPS) is 20.4. The predicted molar refractivity (Wildman–Crippen MR) is 74.8 cm³/mol. The van der Waals surface area contributed by atoms with Crippen LogP contribution in [0.3, 0.4) is 0 Å². The van der Waals surface area contributed by atoms with Gasteiger partial charge in [0.25, 0.3) is 5.91 Å². The molecule has 0 bridgehead atoms. The first-order valence-electron chi connectivity index (χ1n) is 7.01. The molecule has 1 saturated heterocycles. The zero-order valence-corrected chi connectivity index (χ0v) is 11.9. The summed E-state index contributed by atoms with van der Waals surface area (Å²) in [6, 6.07) is 6.18. The van der Waals surface area contributed by atoms with Gasteiger partial charge in [-0.25, -0.2) is 4.39 Å². The summed E-state index contributed by atoms with van der Waals surface area (Å²) in [6.45, 7) is 6.37. The third kappa shape index (κ3) is 3.35. The Kier molecular flexibility index (Phi) is 5.09. The molecule has 1 aliphatic rings. The van der Waals surface area contributed by atoms with Gasteiger partial charge in [-0.15, -0.1) is 0 Å². The minimum absolute atomic E-state index is 0.0171. The molecule has 2 rings (SSSR count). The smallest absolute Gasteiger partial charge is 0.253 e. The fourth-order valence-corrected chi connectivity index (χ4v) is 2.45. The second-order valence-electron chi connectivity index (χ2n) is 4.92. The summed E-state index contributed by atoms with van der Waals surface area (Å²) in [6.07, 6.45) is -0.424. The van der Waals surface area contributed by atoms with Gasteiger partial charge in [0.2, 0.25) is 0 Å². The van der Waals surface area contributed by atoms with E-state index in [4.69, 9.17) is 4.74 Å². The third-order valence-electron chi connectivity index (χ3n) is 3.65. The fourth-order valence-electron chi connectivity index (χ4n) is 2.45. The maximum atomic E-state index is 13.0. The number of rotatable bonds is 4. The standard InChI is InChI=1S/C15H21FN2O2/c1-3-18(15(19)14-10-17-8-9-20-14)11(2)12-4-6-13(16)7-5-12/h4-7,11,14,17H,3,8-10H2,1-2H3. The van der Waals surface area contributed by atoms with Gasteiger partial charge in [-0.1, -0.05) is 12.1 Å². The van der Waals surface area contributed by atoms with Crippen LogP contribution in [0.4, 0.5) is 4.39 Å². The molecule has 4 nitrogen and oxygen atoms in total. The lowest BCUT2D eigenvalue weighted by Gasteiger charge is -2.33. The van der Waals surface area contributed by atoms with Crippen molar-refractivity contribution < 1.29 is 13.9 Å². The van der Waals surface area contributed by atoms with Crippen LogP contribution in [0.25, 0.3) is 0 Å². The van der Waals surface area contributed by atoms with Crippen molar-refractivity contribution in [2.24, 2.45) is 0 Å². The molecule has 110 valence electrons. The number of ether oxygens (including phenoxy) is 1. The first kappa shape index (κ1) is 14.9. The van der Waals surface area contributed by atoms with Crippen LogP contribution in [0.2, 0.25) is 0 Å². The Hall–Kier alpha value is -1.46. The van der Waals surface area contributed by atoms with Gasteiger partial charge in [-0.2, -0.15) is 0 Å². The lowest BCUT2D eigenvalue weighted by Crippen LogP contribution is -2.49. The summed E-state index contributed by atoms with van der Waals surface area (Å²) < 4.78 is 18.5. The molecule has 0 aromatic heterocycles. The number of nitrogens with zero attached hydrogens (tertiary/aromatic N) is 1. The van der Waals surface area contributed by atoms with Crippen molar-refractivity contribution in [1.29, 1.82) is 0 Å². The number of amides is 1. The highest BCUT2D eigenvalue weighted by Gasteiger charge is 2.29. The number of carbonyl (C=O) groups is 1. The Balaban J connectivity index is 2.09. The number of hydrogen-bond acceptors (Lipinski definition) is 3. The zero-order valence-electron chi connectivity index (χ0n) is 11.9.